The quantitative estimate of drug-likeness (QED) is 0.347. The van der Waals surface area contributed by atoms with Gasteiger partial charge in [-0.15, -0.1) is 0 Å². The minimum Gasteiger partial charge on any atom is -0.479 e. The highest BCUT2D eigenvalue weighted by Crippen LogP contribution is 2.37. The highest BCUT2D eigenvalue weighted by atomic mass is 16.5. The number of benzene rings is 4. The monoisotopic (exact) mass is 476 g/mol. The van der Waals surface area contributed by atoms with E-state index in [4.69, 9.17) is 4.74 Å². The van der Waals surface area contributed by atoms with Gasteiger partial charge in [-0.3, -0.25) is 9.59 Å². The number of anilines is 2. The zero-order valence-electron chi connectivity index (χ0n) is 20.1. The Labute approximate surface area is 211 Å². The summed E-state index contributed by atoms with van der Waals surface area (Å²) in [6.07, 6.45) is -0.273. The molecule has 1 N–H and O–H groups in total. The summed E-state index contributed by atoms with van der Waals surface area (Å²) >= 11 is 0. The van der Waals surface area contributed by atoms with E-state index < -0.39 is 6.10 Å². The molecule has 1 atom stereocenters. The number of fused-ring (bicyclic) bond motifs is 1. The molecule has 0 fully saturated rings. The molecule has 180 valence electrons. The van der Waals surface area contributed by atoms with Crippen LogP contribution < -0.4 is 15.0 Å². The van der Waals surface area contributed by atoms with Gasteiger partial charge in [0.05, 0.1) is 12.2 Å². The second-order valence-electron chi connectivity index (χ2n) is 8.98. The second-order valence-corrected chi connectivity index (χ2v) is 8.98. The van der Waals surface area contributed by atoms with Crippen LogP contribution in [0, 0.1) is 0 Å². The molecule has 5 nitrogen and oxygen atoms in total. The van der Waals surface area contributed by atoms with E-state index >= 15 is 0 Å². The normalized spacial score (nSPS) is 14.8. The van der Waals surface area contributed by atoms with Gasteiger partial charge in [-0.2, -0.15) is 0 Å². The van der Waals surface area contributed by atoms with Crippen LogP contribution in [0.25, 0.3) is 0 Å². The number of hydrogen-bond donors (Lipinski definition) is 1. The molecule has 2 amide bonds. The third kappa shape index (κ3) is 5.15. The summed E-state index contributed by atoms with van der Waals surface area (Å²) in [7, 11) is 0. The number of nitrogens with zero attached hydrogens (tertiary/aromatic N) is 1. The van der Waals surface area contributed by atoms with Crippen LogP contribution in [0.4, 0.5) is 11.4 Å². The number of hydrogen-bond acceptors (Lipinski definition) is 3. The van der Waals surface area contributed by atoms with Gasteiger partial charge >= 0.3 is 0 Å². The maximum absolute atomic E-state index is 13.2. The van der Waals surface area contributed by atoms with Crippen molar-refractivity contribution in [2.24, 2.45) is 0 Å². The molecule has 1 unspecified atom stereocenters. The van der Waals surface area contributed by atoms with Crippen LogP contribution in [0.3, 0.4) is 0 Å². The van der Waals surface area contributed by atoms with Crippen LogP contribution in [0.15, 0.2) is 109 Å². The van der Waals surface area contributed by atoms with Crippen molar-refractivity contribution < 1.29 is 14.3 Å². The first-order chi connectivity index (χ1) is 17.6. The molecular weight excluding hydrogens is 448 g/mol. The molecule has 5 heteroatoms. The SMILES string of the molecule is CC1Oc2ccc(NC(=O)CC(c3ccccc3)c3ccccc3)cc2N(Cc2ccccc2)C1=O. The largest absolute Gasteiger partial charge is 0.479 e. The molecule has 0 bridgehead atoms. The number of ether oxygens (including phenoxy) is 1. The van der Waals surface area contributed by atoms with Crippen molar-refractivity contribution in [2.75, 3.05) is 10.2 Å². The van der Waals surface area contributed by atoms with E-state index in [0.29, 0.717) is 30.1 Å². The lowest BCUT2D eigenvalue weighted by Crippen LogP contribution is -2.44. The molecule has 5 rings (SSSR count). The summed E-state index contributed by atoms with van der Waals surface area (Å²) in [5.74, 6) is 0.356. The Hall–Kier alpha value is -4.38. The van der Waals surface area contributed by atoms with Crippen molar-refractivity contribution in [3.05, 3.63) is 126 Å². The molecule has 0 radical (unpaired) electrons. The minimum absolute atomic E-state index is 0.0645. The summed E-state index contributed by atoms with van der Waals surface area (Å²) < 4.78 is 5.85. The number of carbonyl (C=O) groups is 2. The van der Waals surface area contributed by atoms with Crippen LogP contribution in [-0.2, 0) is 16.1 Å². The molecule has 0 saturated heterocycles. The predicted octanol–water partition coefficient (Wildman–Crippen LogP) is 6.16. The molecule has 4 aromatic carbocycles. The van der Waals surface area contributed by atoms with E-state index in [9.17, 15) is 9.59 Å². The molecule has 1 heterocycles. The molecule has 4 aromatic rings. The van der Waals surface area contributed by atoms with E-state index in [-0.39, 0.29) is 17.7 Å². The molecule has 0 aliphatic carbocycles. The maximum Gasteiger partial charge on any atom is 0.268 e. The Morgan fingerprint density at radius 1 is 0.861 bits per heavy atom. The lowest BCUT2D eigenvalue weighted by Gasteiger charge is -2.33. The van der Waals surface area contributed by atoms with Crippen molar-refractivity contribution >= 4 is 23.2 Å². The highest BCUT2D eigenvalue weighted by molar-refractivity contribution is 6.01. The van der Waals surface area contributed by atoms with E-state index in [1.54, 1.807) is 11.8 Å². The van der Waals surface area contributed by atoms with E-state index in [1.165, 1.54) is 0 Å². The summed E-state index contributed by atoms with van der Waals surface area (Å²) in [5.41, 5.74) is 4.48. The van der Waals surface area contributed by atoms with Gasteiger partial charge in [0.15, 0.2) is 6.10 Å². The standard InChI is InChI=1S/C31H28N2O3/c1-22-31(35)33(21-23-11-5-2-6-12-23)28-19-26(17-18-29(28)36-22)32-30(34)20-27(24-13-7-3-8-14-24)25-15-9-4-10-16-25/h2-19,22,27H,20-21H2,1H3,(H,32,34). The zero-order valence-corrected chi connectivity index (χ0v) is 20.1. The van der Waals surface area contributed by atoms with Crippen LogP contribution in [-0.4, -0.2) is 17.9 Å². The van der Waals surface area contributed by atoms with E-state index in [0.717, 1.165) is 16.7 Å². The lowest BCUT2D eigenvalue weighted by molar-refractivity contribution is -0.125. The lowest BCUT2D eigenvalue weighted by atomic mass is 9.88. The van der Waals surface area contributed by atoms with Crippen LogP contribution >= 0.6 is 0 Å². The van der Waals surface area contributed by atoms with Gasteiger partial charge in [0.25, 0.3) is 5.91 Å². The van der Waals surface area contributed by atoms with Crippen molar-refractivity contribution in [1.29, 1.82) is 0 Å². The first kappa shape index (κ1) is 23.4. The van der Waals surface area contributed by atoms with Gasteiger partial charge in [0, 0.05) is 18.0 Å². The molecule has 0 spiro atoms. The van der Waals surface area contributed by atoms with Crippen LogP contribution in [0.1, 0.15) is 36.0 Å². The van der Waals surface area contributed by atoms with Gasteiger partial charge in [-0.25, -0.2) is 0 Å². The van der Waals surface area contributed by atoms with Crippen molar-refractivity contribution in [2.45, 2.75) is 31.9 Å². The Kier molecular flexibility index (Phi) is 6.80. The predicted molar refractivity (Wildman–Crippen MR) is 142 cm³/mol. The van der Waals surface area contributed by atoms with Gasteiger partial charge in [-0.05, 0) is 41.8 Å². The Balaban J connectivity index is 1.38. The molecule has 1 aliphatic heterocycles. The molecule has 36 heavy (non-hydrogen) atoms. The smallest absolute Gasteiger partial charge is 0.268 e. The fraction of sp³-hybridized carbons (Fsp3) is 0.161. The highest BCUT2D eigenvalue weighted by Gasteiger charge is 2.32. The number of nitrogens with one attached hydrogen (secondary N) is 1. The third-order valence-electron chi connectivity index (χ3n) is 6.43. The molecular formula is C31H28N2O3. The van der Waals surface area contributed by atoms with E-state index in [1.807, 2.05) is 84.9 Å². The third-order valence-corrected chi connectivity index (χ3v) is 6.43. The topological polar surface area (TPSA) is 58.6 Å². The molecule has 0 saturated carbocycles. The fourth-order valence-corrected chi connectivity index (χ4v) is 4.61. The fourth-order valence-electron chi connectivity index (χ4n) is 4.61. The molecule has 1 aliphatic rings. The summed E-state index contributed by atoms with van der Waals surface area (Å²) in [5, 5.41) is 3.04. The van der Waals surface area contributed by atoms with Gasteiger partial charge in [-0.1, -0.05) is 91.0 Å². The maximum atomic E-state index is 13.2. The van der Waals surface area contributed by atoms with Crippen LogP contribution in [0.5, 0.6) is 5.75 Å². The summed E-state index contributed by atoms with van der Waals surface area (Å²) in [6, 6.07) is 35.4. The van der Waals surface area contributed by atoms with Crippen molar-refractivity contribution in [3.8, 4) is 5.75 Å². The Bertz CT molecular complexity index is 1300. The minimum atomic E-state index is -0.570. The van der Waals surface area contributed by atoms with Gasteiger partial charge in [0.2, 0.25) is 5.91 Å². The Morgan fingerprint density at radius 2 is 1.44 bits per heavy atom. The summed E-state index contributed by atoms with van der Waals surface area (Å²) in [6.45, 7) is 2.19. The number of rotatable bonds is 7. The molecule has 0 aromatic heterocycles. The average molecular weight is 477 g/mol. The summed E-state index contributed by atoms with van der Waals surface area (Å²) in [4.78, 5) is 27.9. The van der Waals surface area contributed by atoms with Gasteiger partial charge < -0.3 is 15.0 Å². The average Bonchev–Trinajstić information content (AvgIpc) is 2.92. The second kappa shape index (κ2) is 10.5. The number of carbonyl (C=O) groups excluding carboxylic acids is 2. The first-order valence-corrected chi connectivity index (χ1v) is 12.1. The van der Waals surface area contributed by atoms with Gasteiger partial charge in [0.1, 0.15) is 5.75 Å². The van der Waals surface area contributed by atoms with Crippen molar-refractivity contribution in [3.63, 3.8) is 0 Å². The number of amides is 2. The van der Waals surface area contributed by atoms with Crippen LogP contribution in [0.2, 0.25) is 0 Å². The first-order valence-electron chi connectivity index (χ1n) is 12.1. The van der Waals surface area contributed by atoms with Crippen molar-refractivity contribution in [1.82, 2.24) is 0 Å². The Morgan fingerprint density at radius 3 is 2.06 bits per heavy atom. The zero-order chi connectivity index (χ0) is 24.9. The van der Waals surface area contributed by atoms with E-state index in [2.05, 4.69) is 29.6 Å².